The first-order valence-corrected chi connectivity index (χ1v) is 7.80. The van der Waals surface area contributed by atoms with Crippen LogP contribution in [0.5, 0.6) is 0 Å². The largest absolute Gasteiger partial charge is 0.340 e. The Hall–Kier alpha value is -3.02. The van der Waals surface area contributed by atoms with Gasteiger partial charge in [0.15, 0.2) is 5.69 Å². The minimum atomic E-state index is -0.134. The summed E-state index contributed by atoms with van der Waals surface area (Å²) in [7, 11) is 1.77. The standard InChI is InChI=1S/C18H19N5O/c1-14-17(21-23(20-14)16-9-4-3-5-10-16)18(24)22(2)13-11-15-8-6-7-12-19-15/h3-10,12H,11,13H2,1-2H3. The maximum absolute atomic E-state index is 12.6. The van der Waals surface area contributed by atoms with Gasteiger partial charge < -0.3 is 4.90 Å². The number of amides is 1. The topological polar surface area (TPSA) is 63.9 Å². The fourth-order valence-corrected chi connectivity index (χ4v) is 2.36. The Kier molecular flexibility index (Phi) is 4.65. The van der Waals surface area contributed by atoms with Gasteiger partial charge in [0.25, 0.3) is 5.91 Å². The first kappa shape index (κ1) is 15.9. The number of benzene rings is 1. The van der Waals surface area contributed by atoms with E-state index in [9.17, 15) is 4.79 Å². The van der Waals surface area contributed by atoms with Crippen LogP contribution >= 0.6 is 0 Å². The van der Waals surface area contributed by atoms with Gasteiger partial charge in [-0.2, -0.15) is 9.90 Å². The second kappa shape index (κ2) is 7.04. The Balaban J connectivity index is 1.71. The fraction of sp³-hybridized carbons (Fsp3) is 0.222. The molecule has 0 spiro atoms. The molecule has 3 aromatic rings. The van der Waals surface area contributed by atoms with E-state index in [4.69, 9.17) is 0 Å². The molecule has 6 nitrogen and oxygen atoms in total. The molecule has 3 rings (SSSR count). The maximum Gasteiger partial charge on any atom is 0.276 e. The Bertz CT molecular complexity index is 814. The van der Waals surface area contributed by atoms with Gasteiger partial charge in [0.2, 0.25) is 0 Å². The van der Waals surface area contributed by atoms with Crippen molar-refractivity contribution < 1.29 is 4.79 Å². The summed E-state index contributed by atoms with van der Waals surface area (Å²) in [5.41, 5.74) is 2.79. The highest BCUT2D eigenvalue weighted by atomic mass is 16.2. The van der Waals surface area contributed by atoms with Crippen molar-refractivity contribution in [2.75, 3.05) is 13.6 Å². The minimum Gasteiger partial charge on any atom is -0.340 e. The van der Waals surface area contributed by atoms with E-state index in [0.717, 1.165) is 11.4 Å². The number of hydrogen-bond donors (Lipinski definition) is 0. The quantitative estimate of drug-likeness (QED) is 0.723. The molecular weight excluding hydrogens is 302 g/mol. The van der Waals surface area contributed by atoms with Crippen LogP contribution in [0.2, 0.25) is 0 Å². The first-order chi connectivity index (χ1) is 11.6. The molecule has 0 N–H and O–H groups in total. The molecule has 122 valence electrons. The van der Waals surface area contributed by atoms with Crippen molar-refractivity contribution in [3.8, 4) is 5.69 Å². The van der Waals surface area contributed by atoms with Gasteiger partial charge in [0.05, 0.1) is 11.4 Å². The molecule has 0 aliphatic rings. The van der Waals surface area contributed by atoms with Crippen molar-refractivity contribution >= 4 is 5.91 Å². The minimum absolute atomic E-state index is 0.134. The SMILES string of the molecule is Cc1nn(-c2ccccc2)nc1C(=O)N(C)CCc1ccccn1. The molecule has 0 atom stereocenters. The monoisotopic (exact) mass is 321 g/mol. The van der Waals surface area contributed by atoms with E-state index in [1.54, 1.807) is 25.1 Å². The van der Waals surface area contributed by atoms with Gasteiger partial charge in [-0.3, -0.25) is 9.78 Å². The lowest BCUT2D eigenvalue weighted by atomic mass is 10.2. The van der Waals surface area contributed by atoms with E-state index in [-0.39, 0.29) is 5.91 Å². The Morgan fingerprint density at radius 2 is 1.83 bits per heavy atom. The number of aryl methyl sites for hydroxylation is 1. The van der Waals surface area contributed by atoms with Crippen molar-refractivity contribution in [3.63, 3.8) is 0 Å². The highest BCUT2D eigenvalue weighted by Crippen LogP contribution is 2.10. The highest BCUT2D eigenvalue weighted by Gasteiger charge is 2.20. The Morgan fingerprint density at radius 3 is 2.54 bits per heavy atom. The number of carbonyl (C=O) groups excluding carboxylic acids is 1. The zero-order valence-corrected chi connectivity index (χ0v) is 13.8. The third-order valence-corrected chi connectivity index (χ3v) is 3.75. The van der Waals surface area contributed by atoms with Gasteiger partial charge in [-0.1, -0.05) is 24.3 Å². The zero-order chi connectivity index (χ0) is 16.9. The molecule has 6 heteroatoms. The molecule has 1 aromatic carbocycles. The van der Waals surface area contributed by atoms with Gasteiger partial charge in [0.1, 0.15) is 0 Å². The van der Waals surface area contributed by atoms with Crippen LogP contribution in [-0.4, -0.2) is 44.4 Å². The van der Waals surface area contributed by atoms with Gasteiger partial charge in [-0.05, 0) is 31.2 Å². The molecule has 0 fully saturated rings. The van der Waals surface area contributed by atoms with Gasteiger partial charge >= 0.3 is 0 Å². The maximum atomic E-state index is 12.6. The van der Waals surface area contributed by atoms with Crippen LogP contribution in [0.3, 0.4) is 0 Å². The Morgan fingerprint density at radius 1 is 1.08 bits per heavy atom. The summed E-state index contributed by atoms with van der Waals surface area (Å²) in [5.74, 6) is -0.134. The summed E-state index contributed by atoms with van der Waals surface area (Å²) in [6.07, 6.45) is 2.46. The summed E-state index contributed by atoms with van der Waals surface area (Å²) in [5, 5.41) is 8.70. The number of hydrogen-bond acceptors (Lipinski definition) is 4. The summed E-state index contributed by atoms with van der Waals surface area (Å²) >= 11 is 0. The third kappa shape index (κ3) is 3.48. The smallest absolute Gasteiger partial charge is 0.276 e. The number of likely N-dealkylation sites (N-methyl/N-ethyl adjacent to an activating group) is 1. The number of aromatic nitrogens is 4. The predicted octanol–water partition coefficient (Wildman–Crippen LogP) is 2.29. The van der Waals surface area contributed by atoms with Crippen LogP contribution in [0.4, 0.5) is 0 Å². The van der Waals surface area contributed by atoms with Crippen LogP contribution < -0.4 is 0 Å². The number of rotatable bonds is 5. The first-order valence-electron chi connectivity index (χ1n) is 7.80. The average Bonchev–Trinajstić information content (AvgIpc) is 3.02. The van der Waals surface area contributed by atoms with Crippen LogP contribution in [0.15, 0.2) is 54.7 Å². The normalized spacial score (nSPS) is 10.6. The molecule has 24 heavy (non-hydrogen) atoms. The molecule has 0 aliphatic carbocycles. The third-order valence-electron chi connectivity index (χ3n) is 3.75. The molecule has 0 saturated heterocycles. The van der Waals surface area contributed by atoms with Gasteiger partial charge in [-0.25, -0.2) is 0 Å². The van der Waals surface area contributed by atoms with E-state index in [1.165, 1.54) is 4.80 Å². The molecular formula is C18H19N5O. The zero-order valence-electron chi connectivity index (χ0n) is 13.8. The number of pyridine rings is 1. The molecule has 2 heterocycles. The predicted molar refractivity (Wildman–Crippen MR) is 91.0 cm³/mol. The second-order valence-electron chi connectivity index (χ2n) is 5.56. The molecule has 0 unspecified atom stereocenters. The molecule has 0 saturated carbocycles. The fourth-order valence-electron chi connectivity index (χ4n) is 2.36. The van der Waals surface area contributed by atoms with Crippen molar-refractivity contribution in [1.29, 1.82) is 0 Å². The van der Waals surface area contributed by atoms with Crippen molar-refractivity contribution in [1.82, 2.24) is 24.9 Å². The van der Waals surface area contributed by atoms with E-state index in [2.05, 4.69) is 15.2 Å². The lowest BCUT2D eigenvalue weighted by Crippen LogP contribution is -2.30. The van der Waals surface area contributed by atoms with Gasteiger partial charge in [0, 0.05) is 31.9 Å². The van der Waals surface area contributed by atoms with E-state index in [1.807, 2.05) is 48.5 Å². The summed E-state index contributed by atoms with van der Waals surface area (Å²) < 4.78 is 0. The van der Waals surface area contributed by atoms with Crippen molar-refractivity contribution in [3.05, 3.63) is 71.8 Å². The number of nitrogens with zero attached hydrogens (tertiary/aromatic N) is 5. The molecule has 1 amide bonds. The molecule has 0 radical (unpaired) electrons. The highest BCUT2D eigenvalue weighted by molar-refractivity contribution is 5.93. The molecule has 2 aromatic heterocycles. The van der Waals surface area contributed by atoms with Crippen LogP contribution in [0, 0.1) is 6.92 Å². The Labute approximate surface area is 140 Å². The van der Waals surface area contributed by atoms with Crippen molar-refractivity contribution in [2.45, 2.75) is 13.3 Å². The summed E-state index contributed by atoms with van der Waals surface area (Å²) in [4.78, 5) is 20.0. The lowest BCUT2D eigenvalue weighted by Gasteiger charge is -2.15. The molecule has 0 bridgehead atoms. The average molecular weight is 321 g/mol. The number of carbonyl (C=O) groups is 1. The van der Waals surface area contributed by atoms with E-state index < -0.39 is 0 Å². The van der Waals surface area contributed by atoms with Crippen LogP contribution in [0.25, 0.3) is 5.69 Å². The lowest BCUT2D eigenvalue weighted by molar-refractivity contribution is 0.0789. The van der Waals surface area contributed by atoms with Crippen molar-refractivity contribution in [2.24, 2.45) is 0 Å². The van der Waals surface area contributed by atoms with Gasteiger partial charge in [-0.15, -0.1) is 5.10 Å². The van der Waals surface area contributed by atoms with E-state index in [0.29, 0.717) is 24.4 Å². The van der Waals surface area contributed by atoms with Crippen LogP contribution in [-0.2, 0) is 6.42 Å². The van der Waals surface area contributed by atoms with E-state index >= 15 is 0 Å². The number of para-hydroxylation sites is 1. The van der Waals surface area contributed by atoms with Crippen LogP contribution in [0.1, 0.15) is 21.9 Å². The second-order valence-corrected chi connectivity index (χ2v) is 5.56. The summed E-state index contributed by atoms with van der Waals surface area (Å²) in [6, 6.07) is 15.3. The molecule has 0 aliphatic heterocycles. The summed E-state index contributed by atoms with van der Waals surface area (Å²) in [6.45, 7) is 2.37.